The van der Waals surface area contributed by atoms with Crippen molar-refractivity contribution in [1.29, 1.82) is 0 Å². The predicted molar refractivity (Wildman–Crippen MR) is 83.9 cm³/mol. The molecule has 2 aromatic carbocycles. The fraction of sp³-hybridized carbons (Fsp3) is 0.278. The molecule has 3 nitrogen and oxygen atoms in total. The van der Waals surface area contributed by atoms with Crippen LogP contribution in [0.25, 0.3) is 0 Å². The molecule has 0 aromatic heterocycles. The number of hydrogen-bond acceptors (Lipinski definition) is 2. The molecule has 1 unspecified atom stereocenters. The van der Waals surface area contributed by atoms with Gasteiger partial charge in [-0.25, -0.2) is 4.79 Å². The van der Waals surface area contributed by atoms with Gasteiger partial charge in [-0.2, -0.15) is 0 Å². The highest BCUT2D eigenvalue weighted by Gasteiger charge is 2.42. The van der Waals surface area contributed by atoms with E-state index in [2.05, 4.69) is 5.32 Å². The Morgan fingerprint density at radius 2 is 1.57 bits per heavy atom. The topological polar surface area (TPSA) is 49.3 Å². The second-order valence-corrected chi connectivity index (χ2v) is 5.47. The summed E-state index contributed by atoms with van der Waals surface area (Å²) in [6.45, 7) is 4.37. The SMILES string of the molecule is CC(C)C(NCc1ccccc1)(C(=O)O)c1ccccc1. The van der Waals surface area contributed by atoms with Crippen LogP contribution >= 0.6 is 0 Å². The van der Waals surface area contributed by atoms with Crippen LogP contribution in [-0.2, 0) is 16.9 Å². The van der Waals surface area contributed by atoms with Gasteiger partial charge in [-0.15, -0.1) is 0 Å². The van der Waals surface area contributed by atoms with Gasteiger partial charge in [0, 0.05) is 6.54 Å². The van der Waals surface area contributed by atoms with E-state index in [-0.39, 0.29) is 5.92 Å². The molecule has 1 atom stereocenters. The summed E-state index contributed by atoms with van der Waals surface area (Å²) in [6.07, 6.45) is 0. The molecule has 0 spiro atoms. The Balaban J connectivity index is 2.34. The highest BCUT2D eigenvalue weighted by atomic mass is 16.4. The molecule has 2 rings (SSSR count). The Labute approximate surface area is 125 Å². The van der Waals surface area contributed by atoms with E-state index in [1.807, 2.05) is 74.5 Å². The first kappa shape index (κ1) is 15.3. The van der Waals surface area contributed by atoms with E-state index in [0.29, 0.717) is 6.54 Å². The zero-order valence-corrected chi connectivity index (χ0v) is 12.4. The summed E-state index contributed by atoms with van der Waals surface area (Å²) < 4.78 is 0. The molecule has 21 heavy (non-hydrogen) atoms. The van der Waals surface area contributed by atoms with E-state index in [9.17, 15) is 9.90 Å². The lowest BCUT2D eigenvalue weighted by Crippen LogP contribution is -2.52. The molecule has 0 aliphatic rings. The number of hydrogen-bond donors (Lipinski definition) is 2. The van der Waals surface area contributed by atoms with Gasteiger partial charge < -0.3 is 5.11 Å². The van der Waals surface area contributed by atoms with Gasteiger partial charge in [0.25, 0.3) is 0 Å². The molecule has 0 bridgehead atoms. The Morgan fingerprint density at radius 3 is 2.05 bits per heavy atom. The summed E-state index contributed by atoms with van der Waals surface area (Å²) in [7, 11) is 0. The van der Waals surface area contributed by atoms with Crippen LogP contribution in [0.4, 0.5) is 0 Å². The summed E-state index contributed by atoms with van der Waals surface area (Å²) in [5, 5.41) is 13.1. The minimum Gasteiger partial charge on any atom is -0.480 e. The molecule has 110 valence electrons. The van der Waals surface area contributed by atoms with Crippen LogP contribution < -0.4 is 5.32 Å². The summed E-state index contributed by atoms with van der Waals surface area (Å²) in [5.41, 5.74) is 0.764. The second kappa shape index (κ2) is 6.55. The number of carbonyl (C=O) groups is 1. The lowest BCUT2D eigenvalue weighted by molar-refractivity contribution is -0.147. The van der Waals surface area contributed by atoms with Gasteiger partial charge in [-0.1, -0.05) is 74.5 Å². The minimum atomic E-state index is -1.09. The van der Waals surface area contributed by atoms with Crippen LogP contribution in [0.5, 0.6) is 0 Å². The number of carboxylic acids is 1. The lowest BCUT2D eigenvalue weighted by Gasteiger charge is -2.35. The third-order valence-electron chi connectivity index (χ3n) is 3.85. The predicted octanol–water partition coefficient (Wildman–Crippen LogP) is 3.41. The van der Waals surface area contributed by atoms with Crippen LogP contribution in [0.3, 0.4) is 0 Å². The van der Waals surface area contributed by atoms with E-state index in [1.54, 1.807) is 0 Å². The molecule has 0 saturated carbocycles. The average molecular weight is 283 g/mol. The number of rotatable bonds is 6. The van der Waals surface area contributed by atoms with Gasteiger partial charge in [0.2, 0.25) is 0 Å². The largest absolute Gasteiger partial charge is 0.480 e. The zero-order chi connectivity index (χ0) is 15.3. The van der Waals surface area contributed by atoms with Crippen molar-refractivity contribution in [2.24, 2.45) is 5.92 Å². The molecule has 0 radical (unpaired) electrons. The Hall–Kier alpha value is -2.13. The molecule has 3 heteroatoms. The highest BCUT2D eigenvalue weighted by Crippen LogP contribution is 2.30. The Bertz CT molecular complexity index is 581. The maximum atomic E-state index is 12.0. The first-order valence-electron chi connectivity index (χ1n) is 7.15. The van der Waals surface area contributed by atoms with Crippen molar-refractivity contribution in [1.82, 2.24) is 5.32 Å². The second-order valence-electron chi connectivity index (χ2n) is 5.47. The third-order valence-corrected chi connectivity index (χ3v) is 3.85. The highest BCUT2D eigenvalue weighted by molar-refractivity contribution is 5.81. The van der Waals surface area contributed by atoms with Crippen LogP contribution in [0.1, 0.15) is 25.0 Å². The van der Waals surface area contributed by atoms with Crippen molar-refractivity contribution in [3.63, 3.8) is 0 Å². The van der Waals surface area contributed by atoms with Crippen molar-refractivity contribution < 1.29 is 9.90 Å². The van der Waals surface area contributed by atoms with E-state index in [0.717, 1.165) is 11.1 Å². The molecule has 2 aromatic rings. The van der Waals surface area contributed by atoms with Crippen molar-refractivity contribution in [2.75, 3.05) is 0 Å². The summed E-state index contributed by atoms with van der Waals surface area (Å²) in [4.78, 5) is 12.0. The number of carboxylic acid groups (broad SMARTS) is 1. The normalized spacial score (nSPS) is 13.9. The Morgan fingerprint density at radius 1 is 1.05 bits per heavy atom. The zero-order valence-electron chi connectivity index (χ0n) is 12.4. The van der Waals surface area contributed by atoms with E-state index in [4.69, 9.17) is 0 Å². The summed E-state index contributed by atoms with van der Waals surface area (Å²) in [6, 6.07) is 19.2. The van der Waals surface area contributed by atoms with Crippen LogP contribution in [-0.4, -0.2) is 11.1 Å². The summed E-state index contributed by atoms with van der Waals surface area (Å²) in [5.74, 6) is -0.930. The lowest BCUT2D eigenvalue weighted by atomic mass is 9.79. The van der Waals surface area contributed by atoms with Gasteiger partial charge in [-0.05, 0) is 17.0 Å². The maximum Gasteiger partial charge on any atom is 0.328 e. The Kier molecular flexibility index (Phi) is 4.76. The van der Waals surface area contributed by atoms with Crippen molar-refractivity contribution >= 4 is 5.97 Å². The van der Waals surface area contributed by atoms with Gasteiger partial charge in [-0.3, -0.25) is 5.32 Å². The molecular weight excluding hydrogens is 262 g/mol. The van der Waals surface area contributed by atoms with Crippen LogP contribution in [0.15, 0.2) is 60.7 Å². The van der Waals surface area contributed by atoms with Gasteiger partial charge in [0.15, 0.2) is 0 Å². The van der Waals surface area contributed by atoms with Crippen LogP contribution in [0, 0.1) is 5.92 Å². The maximum absolute atomic E-state index is 12.0. The third kappa shape index (κ3) is 3.14. The van der Waals surface area contributed by atoms with E-state index < -0.39 is 11.5 Å². The smallest absolute Gasteiger partial charge is 0.328 e. The number of aliphatic carboxylic acids is 1. The molecule has 2 N–H and O–H groups in total. The van der Waals surface area contributed by atoms with Crippen molar-refractivity contribution in [3.8, 4) is 0 Å². The van der Waals surface area contributed by atoms with Crippen LogP contribution in [0.2, 0.25) is 0 Å². The molecule has 0 amide bonds. The van der Waals surface area contributed by atoms with E-state index >= 15 is 0 Å². The standard InChI is InChI=1S/C18H21NO2/c1-14(2)18(17(20)21,16-11-7-4-8-12-16)19-13-15-9-5-3-6-10-15/h3-12,14,19H,13H2,1-2H3,(H,20,21). The van der Waals surface area contributed by atoms with Crippen molar-refractivity contribution in [2.45, 2.75) is 25.9 Å². The number of benzene rings is 2. The molecule has 0 heterocycles. The first-order valence-corrected chi connectivity index (χ1v) is 7.15. The molecule has 0 aliphatic carbocycles. The van der Waals surface area contributed by atoms with Gasteiger partial charge >= 0.3 is 5.97 Å². The molecule has 0 aliphatic heterocycles. The fourth-order valence-electron chi connectivity index (χ4n) is 2.62. The molecular formula is C18H21NO2. The van der Waals surface area contributed by atoms with E-state index in [1.165, 1.54) is 0 Å². The first-order chi connectivity index (χ1) is 10.1. The summed E-state index contributed by atoms with van der Waals surface area (Å²) >= 11 is 0. The van der Waals surface area contributed by atoms with Gasteiger partial charge in [0.05, 0.1) is 0 Å². The minimum absolute atomic E-state index is 0.0823. The number of nitrogens with one attached hydrogen (secondary N) is 1. The molecule has 0 saturated heterocycles. The van der Waals surface area contributed by atoms with Gasteiger partial charge in [0.1, 0.15) is 5.54 Å². The quantitative estimate of drug-likeness (QED) is 0.854. The van der Waals surface area contributed by atoms with Crippen molar-refractivity contribution in [3.05, 3.63) is 71.8 Å². The monoisotopic (exact) mass is 283 g/mol. The molecule has 0 fully saturated rings. The average Bonchev–Trinajstić information content (AvgIpc) is 2.49. The fourth-order valence-corrected chi connectivity index (χ4v) is 2.62.